The topological polar surface area (TPSA) is 55.4 Å². The lowest BCUT2D eigenvalue weighted by atomic mass is 10.1. The van der Waals surface area contributed by atoms with E-state index in [9.17, 15) is 14.0 Å². The minimum atomic E-state index is -0.827. The van der Waals surface area contributed by atoms with Crippen LogP contribution in [0, 0.1) is 5.82 Å². The Bertz CT molecular complexity index is 655. The Labute approximate surface area is 125 Å². The molecule has 0 saturated heterocycles. The molecule has 0 spiro atoms. The summed E-state index contributed by atoms with van der Waals surface area (Å²) in [6.45, 7) is 1.75. The molecule has 0 saturated carbocycles. The van der Waals surface area contributed by atoms with E-state index in [4.69, 9.17) is 0 Å². The van der Waals surface area contributed by atoms with Crippen molar-refractivity contribution in [2.75, 3.05) is 12.4 Å². The first-order valence-electron chi connectivity index (χ1n) is 6.25. The summed E-state index contributed by atoms with van der Waals surface area (Å²) in [5, 5.41) is 4.46. The van der Waals surface area contributed by atoms with E-state index in [2.05, 4.69) is 10.1 Å². The molecule has 0 aliphatic heterocycles. The first kappa shape index (κ1) is 15.2. The Balaban J connectivity index is 2.25. The van der Waals surface area contributed by atoms with Crippen molar-refractivity contribution in [1.29, 1.82) is 0 Å². The fourth-order valence-electron chi connectivity index (χ4n) is 1.85. The summed E-state index contributed by atoms with van der Waals surface area (Å²) in [6.07, 6.45) is 0. The number of nitrogens with one attached hydrogen (secondary N) is 1. The Morgan fingerprint density at radius 2 is 2.05 bits per heavy atom. The van der Waals surface area contributed by atoms with Gasteiger partial charge < -0.3 is 10.1 Å². The number of halogens is 1. The summed E-state index contributed by atoms with van der Waals surface area (Å²) in [6, 6.07) is 7.74. The lowest BCUT2D eigenvalue weighted by Gasteiger charge is -2.13. The van der Waals surface area contributed by atoms with Crippen molar-refractivity contribution in [1.82, 2.24) is 0 Å². The smallest absolute Gasteiger partial charge is 0.342 e. The molecule has 0 bridgehead atoms. The maximum absolute atomic E-state index is 13.8. The molecular formula is C15H14FNO3S. The summed E-state index contributed by atoms with van der Waals surface area (Å²) in [5.41, 5.74) is -0.165. The van der Waals surface area contributed by atoms with Crippen LogP contribution in [0.25, 0.3) is 0 Å². The van der Waals surface area contributed by atoms with Gasteiger partial charge in [-0.3, -0.25) is 4.79 Å². The number of rotatable bonds is 4. The van der Waals surface area contributed by atoms with Crippen LogP contribution in [-0.4, -0.2) is 19.0 Å². The standard InChI is InChI=1S/C15H14FNO3S/c1-9(12-7-4-8-21-12)14(18)17-11-6-3-5-10(16)13(11)15(19)20-2/h3-9H,1-2H3,(H,17,18). The van der Waals surface area contributed by atoms with Crippen molar-refractivity contribution < 1.29 is 18.7 Å². The molecule has 0 aliphatic carbocycles. The summed E-state index contributed by atoms with van der Waals surface area (Å²) in [5.74, 6) is -2.26. The minimum Gasteiger partial charge on any atom is -0.465 e. The van der Waals surface area contributed by atoms with Gasteiger partial charge in [-0.1, -0.05) is 12.1 Å². The molecule has 2 aromatic rings. The van der Waals surface area contributed by atoms with Gasteiger partial charge in [-0.25, -0.2) is 9.18 Å². The van der Waals surface area contributed by atoms with Crippen molar-refractivity contribution in [2.45, 2.75) is 12.8 Å². The number of ether oxygens (including phenoxy) is 1. The van der Waals surface area contributed by atoms with Gasteiger partial charge in [0.15, 0.2) is 0 Å². The van der Waals surface area contributed by atoms with Gasteiger partial charge in [0.2, 0.25) is 5.91 Å². The highest BCUT2D eigenvalue weighted by Crippen LogP contribution is 2.25. The van der Waals surface area contributed by atoms with Crippen LogP contribution >= 0.6 is 11.3 Å². The van der Waals surface area contributed by atoms with Crippen LogP contribution in [0.2, 0.25) is 0 Å². The van der Waals surface area contributed by atoms with E-state index >= 15 is 0 Å². The highest BCUT2D eigenvalue weighted by Gasteiger charge is 2.22. The number of hydrogen-bond donors (Lipinski definition) is 1. The molecule has 2 rings (SSSR count). The molecule has 1 unspecified atom stereocenters. The number of hydrogen-bond acceptors (Lipinski definition) is 4. The Kier molecular flexibility index (Phi) is 4.70. The maximum Gasteiger partial charge on any atom is 0.342 e. The number of methoxy groups -OCH3 is 1. The molecule has 1 amide bonds. The van der Waals surface area contributed by atoms with E-state index in [1.54, 1.807) is 6.92 Å². The van der Waals surface area contributed by atoms with Gasteiger partial charge in [-0.15, -0.1) is 11.3 Å². The third-order valence-corrected chi connectivity index (χ3v) is 4.08. The highest BCUT2D eigenvalue weighted by atomic mass is 32.1. The number of anilines is 1. The average Bonchev–Trinajstić information content (AvgIpc) is 3.00. The zero-order chi connectivity index (χ0) is 15.4. The van der Waals surface area contributed by atoms with E-state index in [0.717, 1.165) is 18.1 Å². The highest BCUT2D eigenvalue weighted by molar-refractivity contribution is 7.10. The van der Waals surface area contributed by atoms with E-state index in [0.29, 0.717) is 0 Å². The molecule has 1 atom stereocenters. The Morgan fingerprint density at radius 3 is 2.67 bits per heavy atom. The van der Waals surface area contributed by atoms with E-state index in [1.807, 2.05) is 17.5 Å². The Morgan fingerprint density at radius 1 is 1.29 bits per heavy atom. The van der Waals surface area contributed by atoms with Gasteiger partial charge in [0.25, 0.3) is 0 Å². The summed E-state index contributed by atoms with van der Waals surface area (Å²) >= 11 is 1.46. The van der Waals surface area contributed by atoms with Crippen LogP contribution in [-0.2, 0) is 9.53 Å². The van der Waals surface area contributed by atoms with Crippen LogP contribution in [0.3, 0.4) is 0 Å². The van der Waals surface area contributed by atoms with E-state index < -0.39 is 17.7 Å². The average molecular weight is 307 g/mol. The fraction of sp³-hybridized carbons (Fsp3) is 0.200. The van der Waals surface area contributed by atoms with Crippen molar-refractivity contribution in [3.8, 4) is 0 Å². The van der Waals surface area contributed by atoms with Crippen molar-refractivity contribution in [3.63, 3.8) is 0 Å². The van der Waals surface area contributed by atoms with Crippen LogP contribution in [0.5, 0.6) is 0 Å². The second kappa shape index (κ2) is 6.49. The second-order valence-electron chi connectivity index (χ2n) is 4.38. The summed E-state index contributed by atoms with van der Waals surface area (Å²) in [7, 11) is 1.16. The number of benzene rings is 1. The normalized spacial score (nSPS) is 11.8. The van der Waals surface area contributed by atoms with Crippen molar-refractivity contribution in [2.24, 2.45) is 0 Å². The first-order chi connectivity index (χ1) is 10.0. The largest absolute Gasteiger partial charge is 0.465 e. The van der Waals surface area contributed by atoms with Gasteiger partial charge >= 0.3 is 5.97 Å². The molecule has 21 heavy (non-hydrogen) atoms. The Hall–Kier alpha value is -2.21. The number of esters is 1. The number of thiophene rings is 1. The molecule has 1 heterocycles. The molecule has 4 nitrogen and oxygen atoms in total. The summed E-state index contributed by atoms with van der Waals surface area (Å²) < 4.78 is 18.3. The third kappa shape index (κ3) is 3.28. The van der Waals surface area contributed by atoms with Crippen LogP contribution in [0.1, 0.15) is 28.1 Å². The van der Waals surface area contributed by atoms with Gasteiger partial charge in [-0.2, -0.15) is 0 Å². The molecule has 0 radical (unpaired) electrons. The zero-order valence-corrected chi connectivity index (χ0v) is 12.4. The molecule has 0 aliphatic rings. The fourth-order valence-corrected chi connectivity index (χ4v) is 2.63. The summed E-state index contributed by atoms with van der Waals surface area (Å²) in [4.78, 5) is 24.7. The lowest BCUT2D eigenvalue weighted by Crippen LogP contribution is -2.20. The first-order valence-corrected chi connectivity index (χ1v) is 7.13. The predicted octanol–water partition coefficient (Wildman–Crippen LogP) is 3.42. The lowest BCUT2D eigenvalue weighted by molar-refractivity contribution is -0.117. The van der Waals surface area contributed by atoms with E-state index in [1.165, 1.54) is 23.5 Å². The van der Waals surface area contributed by atoms with Crippen molar-refractivity contribution in [3.05, 3.63) is 52.0 Å². The van der Waals surface area contributed by atoms with Gasteiger partial charge in [0.1, 0.15) is 11.4 Å². The van der Waals surface area contributed by atoms with Gasteiger partial charge in [0.05, 0.1) is 18.7 Å². The molecule has 1 aromatic heterocycles. The van der Waals surface area contributed by atoms with Crippen LogP contribution in [0.4, 0.5) is 10.1 Å². The predicted molar refractivity (Wildman–Crippen MR) is 79.1 cm³/mol. The molecule has 6 heteroatoms. The molecule has 110 valence electrons. The molecular weight excluding hydrogens is 293 g/mol. The monoisotopic (exact) mass is 307 g/mol. The van der Waals surface area contributed by atoms with Gasteiger partial charge in [0, 0.05) is 4.88 Å². The minimum absolute atomic E-state index is 0.107. The van der Waals surface area contributed by atoms with Crippen LogP contribution < -0.4 is 5.32 Å². The van der Waals surface area contributed by atoms with Crippen molar-refractivity contribution >= 4 is 28.9 Å². The number of carbonyl (C=O) groups excluding carboxylic acids is 2. The maximum atomic E-state index is 13.8. The molecule has 1 N–H and O–H groups in total. The third-order valence-electron chi connectivity index (χ3n) is 3.02. The second-order valence-corrected chi connectivity index (χ2v) is 5.36. The molecule has 0 fully saturated rings. The van der Waals surface area contributed by atoms with E-state index in [-0.39, 0.29) is 17.2 Å². The van der Waals surface area contributed by atoms with Crippen LogP contribution in [0.15, 0.2) is 35.7 Å². The molecule has 1 aromatic carbocycles. The SMILES string of the molecule is COC(=O)c1c(F)cccc1NC(=O)C(C)c1cccs1. The quantitative estimate of drug-likeness (QED) is 0.881. The zero-order valence-electron chi connectivity index (χ0n) is 11.6. The van der Waals surface area contributed by atoms with Gasteiger partial charge in [-0.05, 0) is 30.5 Å². The number of amides is 1. The number of carbonyl (C=O) groups is 2.